The molecule has 0 aromatic heterocycles. The minimum absolute atomic E-state index is 0.168. The normalized spacial score (nSPS) is 14.5. The zero-order chi connectivity index (χ0) is 19.3. The van der Waals surface area contributed by atoms with Gasteiger partial charge >= 0.3 is 0 Å². The van der Waals surface area contributed by atoms with E-state index in [2.05, 4.69) is 10.0 Å². The number of hydrogen-bond acceptors (Lipinski definition) is 5. The second-order valence-electron chi connectivity index (χ2n) is 5.89. The molecule has 2 aromatic rings. The average Bonchev–Trinajstić information content (AvgIpc) is 2.69. The molecule has 0 radical (unpaired) electrons. The summed E-state index contributed by atoms with van der Waals surface area (Å²) in [7, 11) is -2.12. The largest absolute Gasteiger partial charge is 0.497 e. The van der Waals surface area contributed by atoms with Crippen LogP contribution < -0.4 is 14.8 Å². The lowest BCUT2D eigenvalue weighted by molar-refractivity contribution is 0.0690. The maximum absolute atomic E-state index is 12.5. The van der Waals surface area contributed by atoms with Gasteiger partial charge in [0.1, 0.15) is 5.75 Å². The van der Waals surface area contributed by atoms with Gasteiger partial charge in [-0.25, -0.2) is 8.42 Å². The molecule has 0 spiro atoms. The van der Waals surface area contributed by atoms with Crippen molar-refractivity contribution in [2.45, 2.75) is 4.90 Å². The van der Waals surface area contributed by atoms with Crippen LogP contribution in [-0.2, 0) is 14.8 Å². The molecule has 0 bridgehead atoms. The van der Waals surface area contributed by atoms with Gasteiger partial charge in [-0.05, 0) is 60.7 Å². The van der Waals surface area contributed by atoms with E-state index >= 15 is 0 Å². The number of anilines is 2. The van der Waals surface area contributed by atoms with Gasteiger partial charge in [-0.2, -0.15) is 0 Å². The fourth-order valence-electron chi connectivity index (χ4n) is 2.56. The van der Waals surface area contributed by atoms with Gasteiger partial charge in [0.2, 0.25) is 0 Å². The van der Waals surface area contributed by atoms with E-state index in [1.54, 1.807) is 43.5 Å². The molecule has 2 aromatic carbocycles. The summed E-state index contributed by atoms with van der Waals surface area (Å²) in [5.41, 5.74) is 1.20. The molecule has 7 nitrogen and oxygen atoms in total. The van der Waals surface area contributed by atoms with E-state index in [4.69, 9.17) is 21.7 Å². The van der Waals surface area contributed by atoms with Gasteiger partial charge < -0.3 is 19.7 Å². The van der Waals surface area contributed by atoms with E-state index < -0.39 is 10.0 Å². The van der Waals surface area contributed by atoms with Crippen molar-refractivity contribution in [3.05, 3.63) is 48.5 Å². The smallest absolute Gasteiger partial charge is 0.261 e. The molecule has 0 amide bonds. The first-order valence-corrected chi connectivity index (χ1v) is 10.3. The number of sulfonamides is 1. The Kier molecular flexibility index (Phi) is 6.15. The minimum atomic E-state index is -3.68. The topological polar surface area (TPSA) is 79.9 Å². The van der Waals surface area contributed by atoms with Gasteiger partial charge in [-0.15, -0.1) is 0 Å². The number of nitrogens with one attached hydrogen (secondary N) is 2. The van der Waals surface area contributed by atoms with Gasteiger partial charge in [-0.3, -0.25) is 4.72 Å². The molecule has 3 rings (SSSR count). The molecule has 0 saturated carbocycles. The maximum atomic E-state index is 12.5. The maximum Gasteiger partial charge on any atom is 0.261 e. The number of nitrogens with zero attached hydrogens (tertiary/aromatic N) is 1. The van der Waals surface area contributed by atoms with Gasteiger partial charge in [0.15, 0.2) is 5.11 Å². The predicted octanol–water partition coefficient (Wildman–Crippen LogP) is 2.53. The molecule has 1 saturated heterocycles. The standard InChI is InChI=1S/C18H21N3O4S2/c1-24-16-6-2-15(3-7-16)20-27(22,23)17-8-4-14(5-9-17)19-18(26)21-10-12-25-13-11-21/h2-9,20H,10-13H2,1H3,(H,19,26). The second kappa shape index (κ2) is 8.55. The fourth-order valence-corrected chi connectivity index (χ4v) is 3.92. The summed E-state index contributed by atoms with van der Waals surface area (Å²) in [4.78, 5) is 2.19. The third kappa shape index (κ3) is 5.09. The van der Waals surface area contributed by atoms with Crippen LogP contribution in [0.5, 0.6) is 5.75 Å². The first-order chi connectivity index (χ1) is 13.0. The molecule has 9 heteroatoms. The van der Waals surface area contributed by atoms with Crippen LogP contribution in [0.1, 0.15) is 0 Å². The van der Waals surface area contributed by atoms with Gasteiger partial charge in [0.05, 0.1) is 25.2 Å². The summed E-state index contributed by atoms with van der Waals surface area (Å²) in [6, 6.07) is 13.1. The summed E-state index contributed by atoms with van der Waals surface area (Å²) >= 11 is 5.39. The molecule has 27 heavy (non-hydrogen) atoms. The van der Waals surface area contributed by atoms with Crippen LogP contribution in [0.2, 0.25) is 0 Å². The molecule has 1 heterocycles. The van der Waals surface area contributed by atoms with Crippen molar-refractivity contribution in [1.82, 2.24) is 4.90 Å². The van der Waals surface area contributed by atoms with Crippen molar-refractivity contribution < 1.29 is 17.9 Å². The molecule has 0 unspecified atom stereocenters. The van der Waals surface area contributed by atoms with Crippen molar-refractivity contribution in [2.24, 2.45) is 0 Å². The van der Waals surface area contributed by atoms with E-state index in [0.717, 1.165) is 18.8 Å². The van der Waals surface area contributed by atoms with Crippen LogP contribution >= 0.6 is 12.2 Å². The Balaban J connectivity index is 1.65. The van der Waals surface area contributed by atoms with Gasteiger partial charge in [-0.1, -0.05) is 0 Å². The highest BCUT2D eigenvalue weighted by Crippen LogP contribution is 2.20. The SMILES string of the molecule is COc1ccc(NS(=O)(=O)c2ccc(NC(=S)N3CCOCC3)cc2)cc1. The van der Waals surface area contributed by atoms with Crippen LogP contribution in [0.25, 0.3) is 0 Å². The molecule has 2 N–H and O–H groups in total. The first kappa shape index (κ1) is 19.4. The van der Waals surface area contributed by atoms with E-state index in [0.29, 0.717) is 29.8 Å². The summed E-state index contributed by atoms with van der Waals surface area (Å²) in [5, 5.41) is 3.73. The average molecular weight is 408 g/mol. The zero-order valence-electron chi connectivity index (χ0n) is 14.8. The number of methoxy groups -OCH3 is 1. The molecule has 1 aliphatic heterocycles. The minimum Gasteiger partial charge on any atom is -0.497 e. The zero-order valence-corrected chi connectivity index (χ0v) is 16.5. The van der Waals surface area contributed by atoms with Crippen molar-refractivity contribution in [3.63, 3.8) is 0 Å². The van der Waals surface area contributed by atoms with Crippen LogP contribution in [0, 0.1) is 0 Å². The van der Waals surface area contributed by atoms with Crippen LogP contribution in [-0.4, -0.2) is 51.8 Å². The van der Waals surface area contributed by atoms with Gasteiger partial charge in [0.25, 0.3) is 10.0 Å². The number of ether oxygens (including phenoxy) is 2. The highest BCUT2D eigenvalue weighted by atomic mass is 32.2. The Bertz CT molecular complexity index is 878. The number of morpholine rings is 1. The highest BCUT2D eigenvalue weighted by molar-refractivity contribution is 7.92. The van der Waals surface area contributed by atoms with Crippen LogP contribution in [0.15, 0.2) is 53.4 Å². The molecule has 144 valence electrons. The lowest BCUT2D eigenvalue weighted by atomic mass is 10.3. The number of hydrogen-bond donors (Lipinski definition) is 2. The summed E-state index contributed by atoms with van der Waals surface area (Å²) < 4.78 is 38.0. The molecule has 0 aliphatic carbocycles. The van der Waals surface area contributed by atoms with Crippen molar-refractivity contribution in [3.8, 4) is 5.75 Å². The Hall–Kier alpha value is -2.36. The molecule has 1 fully saturated rings. The predicted molar refractivity (Wildman–Crippen MR) is 109 cm³/mol. The fraction of sp³-hybridized carbons (Fsp3) is 0.278. The number of rotatable bonds is 5. The third-order valence-electron chi connectivity index (χ3n) is 4.06. The van der Waals surface area contributed by atoms with Crippen LogP contribution in [0.4, 0.5) is 11.4 Å². The third-order valence-corrected chi connectivity index (χ3v) is 5.81. The van der Waals surface area contributed by atoms with Crippen LogP contribution in [0.3, 0.4) is 0 Å². The molecular weight excluding hydrogens is 386 g/mol. The van der Waals surface area contributed by atoms with E-state index in [1.165, 1.54) is 12.1 Å². The summed E-state index contributed by atoms with van der Waals surface area (Å²) in [6.07, 6.45) is 0. The monoisotopic (exact) mass is 407 g/mol. The first-order valence-electron chi connectivity index (χ1n) is 8.38. The molecule has 0 atom stereocenters. The Morgan fingerprint density at radius 2 is 1.63 bits per heavy atom. The Morgan fingerprint density at radius 1 is 1.04 bits per heavy atom. The lowest BCUT2D eigenvalue weighted by Crippen LogP contribution is -2.42. The Labute approximate surface area is 164 Å². The number of benzene rings is 2. The van der Waals surface area contributed by atoms with E-state index in [1.807, 2.05) is 4.90 Å². The number of thiocarbonyl (C=S) groups is 1. The summed E-state index contributed by atoms with van der Waals surface area (Å²) in [5.74, 6) is 0.657. The lowest BCUT2D eigenvalue weighted by Gasteiger charge is -2.29. The Morgan fingerprint density at radius 3 is 2.22 bits per heavy atom. The second-order valence-corrected chi connectivity index (χ2v) is 7.96. The van der Waals surface area contributed by atoms with Crippen molar-refractivity contribution in [2.75, 3.05) is 43.5 Å². The van der Waals surface area contributed by atoms with E-state index in [-0.39, 0.29) is 4.90 Å². The quantitative estimate of drug-likeness (QED) is 0.737. The van der Waals surface area contributed by atoms with Crippen molar-refractivity contribution in [1.29, 1.82) is 0 Å². The molecule has 1 aliphatic rings. The summed E-state index contributed by atoms with van der Waals surface area (Å²) in [6.45, 7) is 2.78. The van der Waals surface area contributed by atoms with Crippen molar-refractivity contribution >= 4 is 38.7 Å². The highest BCUT2D eigenvalue weighted by Gasteiger charge is 2.16. The van der Waals surface area contributed by atoms with Gasteiger partial charge in [0, 0.05) is 24.5 Å². The van der Waals surface area contributed by atoms with E-state index in [9.17, 15) is 8.42 Å². The molecular formula is C18H21N3O4S2.